The van der Waals surface area contributed by atoms with Crippen LogP contribution in [0.5, 0.6) is 11.5 Å². The molecule has 1 aromatic carbocycles. The van der Waals surface area contributed by atoms with E-state index in [1.165, 1.54) is 0 Å². The van der Waals surface area contributed by atoms with E-state index in [0.29, 0.717) is 12.4 Å². The molecule has 0 N–H and O–H groups in total. The molecule has 4 heteroatoms. The highest BCUT2D eigenvalue weighted by Gasteiger charge is 2.01. The lowest BCUT2D eigenvalue weighted by Crippen LogP contribution is -2.07. The summed E-state index contributed by atoms with van der Waals surface area (Å²) in [5.74, 6) is 2.11. The molecule has 0 aliphatic carbocycles. The minimum Gasteiger partial charge on any atom is -0.496 e. The first kappa shape index (κ1) is 12.0. The van der Waals surface area contributed by atoms with Crippen molar-refractivity contribution in [3.63, 3.8) is 0 Å². The Labute approximate surface area is 92.9 Å². The maximum atomic E-state index is 10.8. The van der Waals surface area contributed by atoms with E-state index in [4.69, 9.17) is 9.47 Å². The van der Waals surface area contributed by atoms with Gasteiger partial charge >= 0.3 is 0 Å². The van der Waals surface area contributed by atoms with Crippen LogP contribution in [0.3, 0.4) is 0 Å². The Hall–Kier alpha value is -1.03. The zero-order valence-corrected chi connectivity index (χ0v) is 10.1. The van der Waals surface area contributed by atoms with Crippen LogP contribution in [-0.4, -0.2) is 29.9 Å². The lowest BCUT2D eigenvalue weighted by molar-refractivity contribution is 0.338. The number of ether oxygens (including phenoxy) is 2. The molecule has 1 atom stereocenters. The van der Waals surface area contributed by atoms with Gasteiger partial charge in [0.05, 0.1) is 19.5 Å². The lowest BCUT2D eigenvalue weighted by atomic mass is 10.2. The van der Waals surface area contributed by atoms with Gasteiger partial charge in [-0.2, -0.15) is 0 Å². The fourth-order valence-electron chi connectivity index (χ4n) is 1.17. The highest BCUT2D eigenvalue weighted by Crippen LogP contribution is 2.23. The third-order valence-corrected chi connectivity index (χ3v) is 2.76. The van der Waals surface area contributed by atoms with Gasteiger partial charge in [0, 0.05) is 23.1 Å². The molecule has 1 rings (SSSR count). The van der Waals surface area contributed by atoms with E-state index in [1.807, 2.05) is 25.1 Å². The molecule has 0 radical (unpaired) electrons. The molecule has 0 aliphatic rings. The zero-order chi connectivity index (χ0) is 11.3. The summed E-state index contributed by atoms with van der Waals surface area (Å²) in [6.07, 6.45) is 1.67. The Bertz CT molecular complexity index is 350. The van der Waals surface area contributed by atoms with Crippen LogP contribution >= 0.6 is 0 Å². The van der Waals surface area contributed by atoms with Gasteiger partial charge in [0.2, 0.25) is 0 Å². The maximum absolute atomic E-state index is 10.8. The molecule has 84 valence electrons. The Morgan fingerprint density at radius 2 is 2.13 bits per heavy atom. The molecule has 0 spiro atoms. The zero-order valence-electron chi connectivity index (χ0n) is 9.28. The van der Waals surface area contributed by atoms with Gasteiger partial charge in [0.25, 0.3) is 0 Å². The third-order valence-electron chi connectivity index (χ3n) is 2.02. The molecule has 1 aromatic rings. The highest BCUT2D eigenvalue weighted by atomic mass is 32.2. The van der Waals surface area contributed by atoms with Gasteiger partial charge in [0.1, 0.15) is 11.5 Å². The van der Waals surface area contributed by atoms with Gasteiger partial charge in [-0.05, 0) is 18.6 Å². The summed E-state index contributed by atoms with van der Waals surface area (Å²) in [6, 6.07) is 5.67. The summed E-state index contributed by atoms with van der Waals surface area (Å²) in [6.45, 7) is 2.44. The minimum atomic E-state index is -0.807. The number of hydrogen-bond donors (Lipinski definition) is 0. The van der Waals surface area contributed by atoms with Gasteiger partial charge in [-0.25, -0.2) is 0 Å². The van der Waals surface area contributed by atoms with Crippen molar-refractivity contribution < 1.29 is 13.7 Å². The average molecular weight is 228 g/mol. The Balaban J connectivity index is 2.58. The van der Waals surface area contributed by atoms with Crippen LogP contribution in [0.1, 0.15) is 5.56 Å². The largest absolute Gasteiger partial charge is 0.496 e. The van der Waals surface area contributed by atoms with Crippen molar-refractivity contribution in [3.05, 3.63) is 23.8 Å². The van der Waals surface area contributed by atoms with E-state index < -0.39 is 10.8 Å². The molecule has 0 aromatic heterocycles. The fraction of sp³-hybridized carbons (Fsp3) is 0.455. The molecule has 0 heterocycles. The predicted octanol–water partition coefficient (Wildman–Crippen LogP) is 1.76. The topological polar surface area (TPSA) is 35.5 Å². The predicted molar refractivity (Wildman–Crippen MR) is 62.2 cm³/mol. The summed E-state index contributed by atoms with van der Waals surface area (Å²) in [4.78, 5) is 0. The van der Waals surface area contributed by atoms with Crippen LogP contribution in [0.25, 0.3) is 0 Å². The molecule has 0 fully saturated rings. The molecule has 15 heavy (non-hydrogen) atoms. The second kappa shape index (κ2) is 5.75. The Morgan fingerprint density at radius 1 is 1.40 bits per heavy atom. The first-order chi connectivity index (χ1) is 7.13. The summed E-state index contributed by atoms with van der Waals surface area (Å²) >= 11 is 0. The second-order valence-corrected chi connectivity index (χ2v) is 4.81. The van der Waals surface area contributed by atoms with Crippen LogP contribution in [0.4, 0.5) is 0 Å². The summed E-state index contributed by atoms with van der Waals surface area (Å²) in [5, 5.41) is 0. The van der Waals surface area contributed by atoms with E-state index in [1.54, 1.807) is 13.4 Å². The summed E-state index contributed by atoms with van der Waals surface area (Å²) in [5.41, 5.74) is 1.07. The number of rotatable bonds is 5. The van der Waals surface area contributed by atoms with Crippen LogP contribution in [-0.2, 0) is 10.8 Å². The molecular formula is C11H16O3S. The van der Waals surface area contributed by atoms with E-state index in [2.05, 4.69) is 0 Å². The first-order valence-electron chi connectivity index (χ1n) is 4.71. The average Bonchev–Trinajstić information content (AvgIpc) is 2.20. The van der Waals surface area contributed by atoms with Crippen molar-refractivity contribution >= 4 is 10.8 Å². The van der Waals surface area contributed by atoms with Crippen molar-refractivity contribution in [2.45, 2.75) is 6.92 Å². The summed E-state index contributed by atoms with van der Waals surface area (Å²) in [7, 11) is 0.825. The third kappa shape index (κ3) is 3.91. The molecule has 1 unspecified atom stereocenters. The standard InChI is InChI=1S/C11H16O3S/c1-9-4-5-10(8-11(9)13-2)14-6-7-15(3)12/h4-5,8H,6-7H2,1-3H3. The van der Waals surface area contributed by atoms with Gasteiger partial charge in [-0.3, -0.25) is 4.21 Å². The van der Waals surface area contributed by atoms with Crippen LogP contribution in [0.15, 0.2) is 18.2 Å². The maximum Gasteiger partial charge on any atom is 0.125 e. The van der Waals surface area contributed by atoms with E-state index in [-0.39, 0.29) is 0 Å². The molecule has 0 amide bonds. The lowest BCUT2D eigenvalue weighted by Gasteiger charge is -2.08. The molecule has 0 aliphatic heterocycles. The Kier molecular flexibility index (Phi) is 4.62. The van der Waals surface area contributed by atoms with Crippen LogP contribution in [0.2, 0.25) is 0 Å². The summed E-state index contributed by atoms with van der Waals surface area (Å²) < 4.78 is 21.4. The quantitative estimate of drug-likeness (QED) is 0.770. The van der Waals surface area contributed by atoms with Gasteiger partial charge in [-0.15, -0.1) is 0 Å². The van der Waals surface area contributed by atoms with Crippen LogP contribution in [0, 0.1) is 6.92 Å². The minimum absolute atomic E-state index is 0.468. The van der Waals surface area contributed by atoms with Crippen LogP contribution < -0.4 is 9.47 Å². The van der Waals surface area contributed by atoms with Gasteiger partial charge in [-0.1, -0.05) is 6.07 Å². The Morgan fingerprint density at radius 3 is 2.73 bits per heavy atom. The van der Waals surface area contributed by atoms with Crippen molar-refractivity contribution in [1.82, 2.24) is 0 Å². The monoisotopic (exact) mass is 228 g/mol. The smallest absolute Gasteiger partial charge is 0.125 e. The fourth-order valence-corrected chi connectivity index (χ4v) is 1.49. The molecule has 0 saturated carbocycles. The highest BCUT2D eigenvalue weighted by molar-refractivity contribution is 7.84. The van der Waals surface area contributed by atoms with Gasteiger partial charge in [0.15, 0.2) is 0 Å². The second-order valence-electron chi connectivity index (χ2n) is 3.26. The molecule has 0 bridgehead atoms. The van der Waals surface area contributed by atoms with Gasteiger partial charge < -0.3 is 9.47 Å². The SMILES string of the molecule is COc1cc(OCCS(C)=O)ccc1C. The number of hydrogen-bond acceptors (Lipinski definition) is 3. The van der Waals surface area contributed by atoms with Crippen molar-refractivity contribution in [2.75, 3.05) is 25.7 Å². The van der Waals surface area contributed by atoms with Crippen molar-refractivity contribution in [1.29, 1.82) is 0 Å². The molecule has 3 nitrogen and oxygen atoms in total. The molecule has 0 saturated heterocycles. The number of benzene rings is 1. The first-order valence-corrected chi connectivity index (χ1v) is 6.43. The number of aryl methyl sites for hydroxylation is 1. The molecular weight excluding hydrogens is 212 g/mol. The van der Waals surface area contributed by atoms with Crippen molar-refractivity contribution in [3.8, 4) is 11.5 Å². The van der Waals surface area contributed by atoms with E-state index in [9.17, 15) is 4.21 Å². The normalized spacial score (nSPS) is 12.2. The van der Waals surface area contributed by atoms with Crippen molar-refractivity contribution in [2.24, 2.45) is 0 Å². The number of methoxy groups -OCH3 is 1. The van der Waals surface area contributed by atoms with E-state index >= 15 is 0 Å². The van der Waals surface area contributed by atoms with E-state index in [0.717, 1.165) is 17.1 Å².